The first-order valence-electron chi connectivity index (χ1n) is 6.96. The van der Waals surface area contributed by atoms with Crippen molar-refractivity contribution in [2.45, 2.75) is 53.5 Å². The van der Waals surface area contributed by atoms with Gasteiger partial charge in [0.15, 0.2) is 0 Å². The summed E-state index contributed by atoms with van der Waals surface area (Å²) in [7, 11) is 2.25. The summed E-state index contributed by atoms with van der Waals surface area (Å²) in [5.41, 5.74) is 0. The number of rotatable bonds is 9. The SMILES string of the molecule is CCNC(CN(C)CC(C)CC)C(C)CC. The maximum Gasteiger partial charge on any atom is 0.0220 e. The summed E-state index contributed by atoms with van der Waals surface area (Å²) < 4.78 is 0. The Bertz CT molecular complexity index is 159. The standard InChI is InChI=1S/C14H32N2/c1-7-12(4)10-16(6)11-14(15-9-3)13(5)8-2/h12-15H,7-11H2,1-6H3. The van der Waals surface area contributed by atoms with Crippen molar-refractivity contribution in [2.24, 2.45) is 11.8 Å². The zero-order valence-corrected chi connectivity index (χ0v) is 12.2. The lowest BCUT2D eigenvalue weighted by molar-refractivity contribution is 0.221. The molecule has 3 unspecified atom stereocenters. The van der Waals surface area contributed by atoms with Gasteiger partial charge < -0.3 is 10.2 Å². The summed E-state index contributed by atoms with van der Waals surface area (Å²) in [6.07, 6.45) is 2.54. The van der Waals surface area contributed by atoms with E-state index < -0.39 is 0 Å². The van der Waals surface area contributed by atoms with Gasteiger partial charge in [-0.3, -0.25) is 0 Å². The van der Waals surface area contributed by atoms with E-state index >= 15 is 0 Å². The maximum absolute atomic E-state index is 3.61. The topological polar surface area (TPSA) is 15.3 Å². The molecule has 2 nitrogen and oxygen atoms in total. The van der Waals surface area contributed by atoms with E-state index in [2.05, 4.69) is 51.9 Å². The third-order valence-electron chi connectivity index (χ3n) is 3.63. The molecule has 0 aromatic heterocycles. The minimum atomic E-state index is 0.643. The molecule has 0 spiro atoms. The van der Waals surface area contributed by atoms with Crippen molar-refractivity contribution < 1.29 is 0 Å². The summed E-state index contributed by atoms with van der Waals surface area (Å²) in [5.74, 6) is 1.57. The average molecular weight is 228 g/mol. The monoisotopic (exact) mass is 228 g/mol. The highest BCUT2D eigenvalue weighted by atomic mass is 15.1. The van der Waals surface area contributed by atoms with Crippen LogP contribution in [-0.2, 0) is 0 Å². The van der Waals surface area contributed by atoms with E-state index in [-0.39, 0.29) is 0 Å². The van der Waals surface area contributed by atoms with Gasteiger partial charge in [-0.1, -0.05) is 47.5 Å². The van der Waals surface area contributed by atoms with E-state index in [1.165, 1.54) is 25.9 Å². The number of hydrogen-bond donors (Lipinski definition) is 1. The van der Waals surface area contributed by atoms with Crippen LogP contribution in [0.15, 0.2) is 0 Å². The number of nitrogens with one attached hydrogen (secondary N) is 1. The normalized spacial score (nSPS) is 17.4. The molecule has 0 fully saturated rings. The Kier molecular flexibility index (Phi) is 8.96. The second-order valence-electron chi connectivity index (χ2n) is 5.28. The zero-order chi connectivity index (χ0) is 12.6. The smallest absolute Gasteiger partial charge is 0.0220 e. The lowest BCUT2D eigenvalue weighted by Crippen LogP contribution is -2.44. The molecule has 0 aliphatic carbocycles. The van der Waals surface area contributed by atoms with Crippen molar-refractivity contribution in [2.75, 3.05) is 26.7 Å². The van der Waals surface area contributed by atoms with Crippen molar-refractivity contribution >= 4 is 0 Å². The van der Waals surface area contributed by atoms with Gasteiger partial charge in [0.05, 0.1) is 0 Å². The molecule has 0 rings (SSSR count). The number of nitrogens with zero attached hydrogens (tertiary/aromatic N) is 1. The molecule has 0 aromatic rings. The van der Waals surface area contributed by atoms with Crippen LogP contribution in [0.3, 0.4) is 0 Å². The highest BCUT2D eigenvalue weighted by molar-refractivity contribution is 4.75. The maximum atomic E-state index is 3.61. The zero-order valence-electron chi connectivity index (χ0n) is 12.2. The Morgan fingerprint density at radius 3 is 2.06 bits per heavy atom. The van der Waals surface area contributed by atoms with Crippen LogP contribution in [0.25, 0.3) is 0 Å². The van der Waals surface area contributed by atoms with E-state index in [1.807, 2.05) is 0 Å². The molecule has 0 bridgehead atoms. The molecule has 1 N–H and O–H groups in total. The van der Waals surface area contributed by atoms with E-state index in [4.69, 9.17) is 0 Å². The van der Waals surface area contributed by atoms with E-state index in [1.54, 1.807) is 0 Å². The molecular weight excluding hydrogens is 196 g/mol. The van der Waals surface area contributed by atoms with Crippen LogP contribution in [-0.4, -0.2) is 37.6 Å². The van der Waals surface area contributed by atoms with Crippen molar-refractivity contribution in [3.8, 4) is 0 Å². The molecular formula is C14H32N2. The second-order valence-corrected chi connectivity index (χ2v) is 5.28. The largest absolute Gasteiger partial charge is 0.313 e. The molecule has 0 aliphatic heterocycles. The first-order valence-corrected chi connectivity index (χ1v) is 6.96. The first-order chi connectivity index (χ1) is 7.54. The predicted octanol–water partition coefficient (Wildman–Crippen LogP) is 2.99. The molecule has 98 valence electrons. The molecule has 16 heavy (non-hydrogen) atoms. The summed E-state index contributed by atoms with van der Waals surface area (Å²) >= 11 is 0. The third-order valence-corrected chi connectivity index (χ3v) is 3.63. The van der Waals surface area contributed by atoms with Gasteiger partial charge in [0, 0.05) is 19.1 Å². The Morgan fingerprint density at radius 2 is 1.62 bits per heavy atom. The van der Waals surface area contributed by atoms with Gasteiger partial charge >= 0.3 is 0 Å². The van der Waals surface area contributed by atoms with Gasteiger partial charge in [-0.2, -0.15) is 0 Å². The molecule has 0 radical (unpaired) electrons. The summed E-state index contributed by atoms with van der Waals surface area (Å²) in [6.45, 7) is 14.9. The Labute approximate surface area is 103 Å². The fourth-order valence-electron chi connectivity index (χ4n) is 2.06. The van der Waals surface area contributed by atoms with Gasteiger partial charge in [0.25, 0.3) is 0 Å². The summed E-state index contributed by atoms with van der Waals surface area (Å²) in [4.78, 5) is 2.48. The highest BCUT2D eigenvalue weighted by Gasteiger charge is 2.17. The van der Waals surface area contributed by atoms with Gasteiger partial charge in [0.2, 0.25) is 0 Å². The summed E-state index contributed by atoms with van der Waals surface area (Å²) in [5, 5.41) is 3.61. The van der Waals surface area contributed by atoms with Crippen molar-refractivity contribution in [1.29, 1.82) is 0 Å². The Morgan fingerprint density at radius 1 is 1.00 bits per heavy atom. The third kappa shape index (κ3) is 6.49. The minimum absolute atomic E-state index is 0.643. The quantitative estimate of drug-likeness (QED) is 0.652. The van der Waals surface area contributed by atoms with Crippen LogP contribution >= 0.6 is 0 Å². The first kappa shape index (κ1) is 15.9. The van der Waals surface area contributed by atoms with E-state index in [0.29, 0.717) is 6.04 Å². The molecule has 3 atom stereocenters. The molecule has 0 heterocycles. The number of likely N-dealkylation sites (N-methyl/N-ethyl adjacent to an activating group) is 2. The lowest BCUT2D eigenvalue weighted by atomic mass is 9.98. The molecule has 0 amide bonds. The van der Waals surface area contributed by atoms with E-state index in [0.717, 1.165) is 18.4 Å². The van der Waals surface area contributed by atoms with Crippen LogP contribution in [0.4, 0.5) is 0 Å². The average Bonchev–Trinajstić information content (AvgIpc) is 2.27. The molecule has 2 heteroatoms. The van der Waals surface area contributed by atoms with Crippen LogP contribution in [0.5, 0.6) is 0 Å². The van der Waals surface area contributed by atoms with Gasteiger partial charge in [0.1, 0.15) is 0 Å². The molecule has 0 saturated heterocycles. The predicted molar refractivity (Wildman–Crippen MR) is 73.9 cm³/mol. The molecule has 0 aromatic carbocycles. The Balaban J connectivity index is 4.06. The molecule has 0 saturated carbocycles. The van der Waals surface area contributed by atoms with Crippen molar-refractivity contribution in [3.05, 3.63) is 0 Å². The fourth-order valence-corrected chi connectivity index (χ4v) is 2.06. The van der Waals surface area contributed by atoms with E-state index in [9.17, 15) is 0 Å². The van der Waals surface area contributed by atoms with Crippen LogP contribution in [0.2, 0.25) is 0 Å². The fraction of sp³-hybridized carbons (Fsp3) is 1.00. The second kappa shape index (κ2) is 9.00. The number of hydrogen-bond acceptors (Lipinski definition) is 2. The summed E-state index contributed by atoms with van der Waals surface area (Å²) in [6, 6.07) is 0.643. The van der Waals surface area contributed by atoms with Gasteiger partial charge in [-0.25, -0.2) is 0 Å². The van der Waals surface area contributed by atoms with Crippen LogP contribution in [0, 0.1) is 11.8 Å². The van der Waals surface area contributed by atoms with Crippen LogP contribution < -0.4 is 5.32 Å². The van der Waals surface area contributed by atoms with Crippen molar-refractivity contribution in [1.82, 2.24) is 10.2 Å². The van der Waals surface area contributed by atoms with Crippen LogP contribution in [0.1, 0.15) is 47.5 Å². The highest BCUT2D eigenvalue weighted by Crippen LogP contribution is 2.10. The molecule has 0 aliphatic rings. The van der Waals surface area contributed by atoms with Crippen molar-refractivity contribution in [3.63, 3.8) is 0 Å². The van der Waals surface area contributed by atoms with Gasteiger partial charge in [-0.05, 0) is 25.4 Å². The minimum Gasteiger partial charge on any atom is -0.313 e. The Hall–Kier alpha value is -0.0800. The lowest BCUT2D eigenvalue weighted by Gasteiger charge is -2.30. The van der Waals surface area contributed by atoms with Gasteiger partial charge in [-0.15, -0.1) is 0 Å².